The summed E-state index contributed by atoms with van der Waals surface area (Å²) < 4.78 is 10.3. The van der Waals surface area contributed by atoms with Gasteiger partial charge in [-0.15, -0.1) is 0 Å². The summed E-state index contributed by atoms with van der Waals surface area (Å²) in [5.41, 5.74) is 6.02. The standard InChI is InChI=1S/C15H22N2O4/c1-10-7-12(21-14(10)15(19)20-2)9-17-5-3-11(4-6-17)8-13(16)18/h7,11H,3-6,8-9H2,1-2H3,(H2,16,18). The van der Waals surface area contributed by atoms with Crippen LogP contribution in [0.25, 0.3) is 0 Å². The molecule has 1 aromatic heterocycles. The molecule has 21 heavy (non-hydrogen) atoms. The van der Waals surface area contributed by atoms with E-state index in [2.05, 4.69) is 9.64 Å². The number of methoxy groups -OCH3 is 1. The van der Waals surface area contributed by atoms with Crippen molar-refractivity contribution < 1.29 is 18.7 Å². The smallest absolute Gasteiger partial charge is 0.374 e. The van der Waals surface area contributed by atoms with Gasteiger partial charge in [0.2, 0.25) is 11.7 Å². The minimum atomic E-state index is -0.445. The number of nitrogens with two attached hydrogens (primary N) is 1. The van der Waals surface area contributed by atoms with E-state index in [0.717, 1.165) is 37.3 Å². The molecular weight excluding hydrogens is 272 g/mol. The average Bonchev–Trinajstić information content (AvgIpc) is 2.80. The Bertz CT molecular complexity index is 516. The number of hydrogen-bond acceptors (Lipinski definition) is 5. The van der Waals surface area contributed by atoms with Crippen LogP contribution in [0.15, 0.2) is 10.5 Å². The van der Waals surface area contributed by atoms with Crippen molar-refractivity contribution in [3.8, 4) is 0 Å². The van der Waals surface area contributed by atoms with Gasteiger partial charge in [0.05, 0.1) is 13.7 Å². The van der Waals surface area contributed by atoms with Gasteiger partial charge in [-0.05, 0) is 44.8 Å². The number of piperidine rings is 1. The van der Waals surface area contributed by atoms with Crippen molar-refractivity contribution in [2.75, 3.05) is 20.2 Å². The molecule has 6 nitrogen and oxygen atoms in total. The lowest BCUT2D eigenvalue weighted by molar-refractivity contribution is -0.119. The molecule has 1 fully saturated rings. The number of nitrogens with zero attached hydrogens (tertiary/aromatic N) is 1. The second-order valence-electron chi connectivity index (χ2n) is 5.61. The maximum atomic E-state index is 11.5. The second kappa shape index (κ2) is 6.76. The van der Waals surface area contributed by atoms with Gasteiger partial charge < -0.3 is 14.9 Å². The minimum absolute atomic E-state index is 0.224. The number of hydrogen-bond donors (Lipinski definition) is 1. The average molecular weight is 294 g/mol. The monoisotopic (exact) mass is 294 g/mol. The molecule has 0 unspecified atom stereocenters. The summed E-state index contributed by atoms with van der Waals surface area (Å²) in [6.07, 6.45) is 2.40. The van der Waals surface area contributed by atoms with Gasteiger partial charge in [0.25, 0.3) is 0 Å². The number of aryl methyl sites for hydroxylation is 1. The largest absolute Gasteiger partial charge is 0.463 e. The fraction of sp³-hybridized carbons (Fsp3) is 0.600. The highest BCUT2D eigenvalue weighted by Gasteiger charge is 2.22. The molecule has 2 heterocycles. The van der Waals surface area contributed by atoms with E-state index in [1.807, 2.05) is 13.0 Å². The highest BCUT2D eigenvalue weighted by atomic mass is 16.5. The van der Waals surface area contributed by atoms with Crippen LogP contribution < -0.4 is 5.73 Å². The summed E-state index contributed by atoms with van der Waals surface area (Å²) in [6, 6.07) is 1.88. The summed E-state index contributed by atoms with van der Waals surface area (Å²) in [4.78, 5) is 24.7. The van der Waals surface area contributed by atoms with Gasteiger partial charge in [-0.2, -0.15) is 0 Å². The SMILES string of the molecule is COC(=O)c1oc(CN2CCC(CC(N)=O)CC2)cc1C. The van der Waals surface area contributed by atoms with E-state index in [4.69, 9.17) is 10.2 Å². The van der Waals surface area contributed by atoms with Gasteiger partial charge in [0.1, 0.15) is 5.76 Å². The molecule has 0 saturated carbocycles. The number of esters is 1. The first-order chi connectivity index (χ1) is 9.99. The van der Waals surface area contributed by atoms with E-state index in [-0.39, 0.29) is 11.7 Å². The van der Waals surface area contributed by atoms with E-state index >= 15 is 0 Å². The Morgan fingerprint density at radius 1 is 1.43 bits per heavy atom. The Morgan fingerprint density at radius 3 is 2.67 bits per heavy atom. The predicted octanol–water partition coefficient (Wildman–Crippen LogP) is 1.46. The number of rotatable bonds is 5. The van der Waals surface area contributed by atoms with Crippen molar-refractivity contribution >= 4 is 11.9 Å². The topological polar surface area (TPSA) is 85.8 Å². The van der Waals surface area contributed by atoms with Crippen LogP contribution in [0.4, 0.5) is 0 Å². The quantitative estimate of drug-likeness (QED) is 0.831. The molecule has 1 aliphatic heterocycles. The zero-order valence-electron chi connectivity index (χ0n) is 12.6. The zero-order chi connectivity index (χ0) is 15.4. The number of carbonyl (C=O) groups is 2. The van der Waals surface area contributed by atoms with E-state index in [9.17, 15) is 9.59 Å². The number of carbonyl (C=O) groups excluding carboxylic acids is 2. The van der Waals surface area contributed by atoms with Crippen molar-refractivity contribution in [1.29, 1.82) is 0 Å². The summed E-state index contributed by atoms with van der Waals surface area (Å²) in [7, 11) is 1.34. The highest BCUT2D eigenvalue weighted by molar-refractivity contribution is 5.87. The van der Waals surface area contributed by atoms with Crippen LogP contribution in [-0.4, -0.2) is 37.0 Å². The zero-order valence-corrected chi connectivity index (χ0v) is 12.6. The molecule has 0 bridgehead atoms. The van der Waals surface area contributed by atoms with Crippen molar-refractivity contribution in [1.82, 2.24) is 4.90 Å². The molecule has 1 aromatic rings. The maximum Gasteiger partial charge on any atom is 0.374 e. The third-order valence-corrected chi connectivity index (χ3v) is 3.92. The fourth-order valence-electron chi connectivity index (χ4n) is 2.77. The van der Waals surface area contributed by atoms with E-state index < -0.39 is 5.97 Å². The Labute approximate surface area is 124 Å². The number of furan rings is 1. The third-order valence-electron chi connectivity index (χ3n) is 3.92. The molecule has 1 amide bonds. The highest BCUT2D eigenvalue weighted by Crippen LogP contribution is 2.23. The lowest BCUT2D eigenvalue weighted by Crippen LogP contribution is -2.34. The fourth-order valence-corrected chi connectivity index (χ4v) is 2.77. The number of amides is 1. The molecule has 0 radical (unpaired) electrons. The summed E-state index contributed by atoms with van der Waals surface area (Å²) in [5, 5.41) is 0. The molecule has 1 aliphatic rings. The van der Waals surface area contributed by atoms with Crippen LogP contribution in [0.1, 0.15) is 41.1 Å². The van der Waals surface area contributed by atoms with Gasteiger partial charge in [-0.3, -0.25) is 9.69 Å². The van der Waals surface area contributed by atoms with E-state index in [1.165, 1.54) is 7.11 Å². The Balaban J connectivity index is 1.89. The Morgan fingerprint density at radius 2 is 2.10 bits per heavy atom. The minimum Gasteiger partial charge on any atom is -0.463 e. The molecule has 0 spiro atoms. The molecule has 0 aliphatic carbocycles. The Hall–Kier alpha value is -1.82. The Kier molecular flexibility index (Phi) is 5.01. The molecule has 116 valence electrons. The van der Waals surface area contributed by atoms with Crippen LogP contribution in [0.2, 0.25) is 0 Å². The summed E-state index contributed by atoms with van der Waals surface area (Å²) in [6.45, 7) is 4.32. The molecule has 2 rings (SSSR count). The number of likely N-dealkylation sites (tertiary alicyclic amines) is 1. The molecule has 0 atom stereocenters. The molecule has 2 N–H and O–H groups in total. The second-order valence-corrected chi connectivity index (χ2v) is 5.61. The van der Waals surface area contributed by atoms with Gasteiger partial charge in [0.15, 0.2) is 0 Å². The van der Waals surface area contributed by atoms with Crippen LogP contribution in [-0.2, 0) is 16.1 Å². The van der Waals surface area contributed by atoms with Crippen LogP contribution in [0.5, 0.6) is 0 Å². The number of primary amides is 1. The van der Waals surface area contributed by atoms with Crippen LogP contribution in [0.3, 0.4) is 0 Å². The maximum absolute atomic E-state index is 11.5. The first-order valence-electron chi connectivity index (χ1n) is 7.18. The van der Waals surface area contributed by atoms with Crippen LogP contribution in [0, 0.1) is 12.8 Å². The summed E-state index contributed by atoms with van der Waals surface area (Å²) >= 11 is 0. The molecular formula is C15H22N2O4. The molecule has 0 aromatic carbocycles. The van der Waals surface area contributed by atoms with Crippen LogP contribution >= 0.6 is 0 Å². The van der Waals surface area contributed by atoms with Crippen molar-refractivity contribution in [3.05, 3.63) is 23.2 Å². The normalized spacial score (nSPS) is 16.9. The van der Waals surface area contributed by atoms with Gasteiger partial charge in [-0.25, -0.2) is 4.79 Å². The van der Waals surface area contributed by atoms with Crippen molar-refractivity contribution in [2.24, 2.45) is 11.7 Å². The predicted molar refractivity (Wildman–Crippen MR) is 76.6 cm³/mol. The van der Waals surface area contributed by atoms with Crippen molar-refractivity contribution in [3.63, 3.8) is 0 Å². The third kappa shape index (κ3) is 4.07. The van der Waals surface area contributed by atoms with E-state index in [1.54, 1.807) is 0 Å². The molecule has 6 heteroatoms. The first kappa shape index (κ1) is 15.6. The van der Waals surface area contributed by atoms with Gasteiger partial charge >= 0.3 is 5.97 Å². The van der Waals surface area contributed by atoms with E-state index in [0.29, 0.717) is 18.9 Å². The first-order valence-corrected chi connectivity index (χ1v) is 7.18. The lowest BCUT2D eigenvalue weighted by atomic mass is 9.93. The van der Waals surface area contributed by atoms with Gasteiger partial charge in [0, 0.05) is 12.0 Å². The van der Waals surface area contributed by atoms with Crippen molar-refractivity contribution in [2.45, 2.75) is 32.7 Å². The summed E-state index contributed by atoms with van der Waals surface area (Å²) in [5.74, 6) is 0.761. The number of ether oxygens (including phenoxy) is 1. The molecule has 1 saturated heterocycles. The van der Waals surface area contributed by atoms with Gasteiger partial charge in [-0.1, -0.05) is 0 Å². The lowest BCUT2D eigenvalue weighted by Gasteiger charge is -2.30.